The molecule has 0 fully saturated rings. The Hall–Kier alpha value is -2.14. The number of nitrogens with one attached hydrogen (secondary N) is 1. The van der Waals surface area contributed by atoms with E-state index in [4.69, 9.17) is 5.11 Å². The van der Waals surface area contributed by atoms with Gasteiger partial charge in [0.05, 0.1) is 17.0 Å². The van der Waals surface area contributed by atoms with Gasteiger partial charge in [-0.3, -0.25) is 4.79 Å². The second-order valence-electron chi connectivity index (χ2n) is 4.87. The van der Waals surface area contributed by atoms with Gasteiger partial charge in [0.15, 0.2) is 0 Å². The van der Waals surface area contributed by atoms with Gasteiger partial charge >= 0.3 is 12.1 Å². The number of hydrogen-bond acceptors (Lipinski definition) is 4. The zero-order valence-electron chi connectivity index (χ0n) is 12.7. The summed E-state index contributed by atoms with van der Waals surface area (Å²) in [6, 6.07) is 1.85. The monoisotopic (exact) mass is 368 g/mol. The van der Waals surface area contributed by atoms with Gasteiger partial charge < -0.3 is 10.0 Å². The predicted molar refractivity (Wildman–Crippen MR) is 76.5 cm³/mol. The van der Waals surface area contributed by atoms with Gasteiger partial charge in [-0.2, -0.15) is 13.2 Å². The van der Waals surface area contributed by atoms with Crippen molar-refractivity contribution in [2.24, 2.45) is 0 Å². The standard InChI is InChI=1S/C13H15F3N2O5S/c1-8(12(20)21)18(2)11(19)7-17-24(22,23)10-5-3-4-9(6-10)13(14,15)16/h3-6,8,17H,7H2,1-2H3,(H,20,21). The third-order valence-electron chi connectivity index (χ3n) is 3.22. The van der Waals surface area contributed by atoms with E-state index >= 15 is 0 Å². The first-order valence-electron chi connectivity index (χ1n) is 6.51. The summed E-state index contributed by atoms with van der Waals surface area (Å²) >= 11 is 0. The Morgan fingerprint density at radius 2 is 1.92 bits per heavy atom. The Labute approximate surface area is 136 Å². The number of hydrogen-bond donors (Lipinski definition) is 2. The second kappa shape index (κ2) is 7.18. The van der Waals surface area contributed by atoms with Gasteiger partial charge in [-0.1, -0.05) is 6.07 Å². The molecule has 0 bridgehead atoms. The number of alkyl halides is 3. The van der Waals surface area contributed by atoms with Gasteiger partial charge in [0, 0.05) is 7.05 Å². The molecule has 1 unspecified atom stereocenters. The summed E-state index contributed by atoms with van der Waals surface area (Å²) in [5.41, 5.74) is -1.15. The third kappa shape index (κ3) is 4.93. The molecule has 0 spiro atoms. The zero-order chi connectivity index (χ0) is 18.7. The van der Waals surface area contributed by atoms with Gasteiger partial charge in [-0.05, 0) is 25.1 Å². The molecule has 11 heteroatoms. The summed E-state index contributed by atoms with van der Waals surface area (Å²) in [4.78, 5) is 22.7. The number of benzene rings is 1. The van der Waals surface area contributed by atoms with Crippen molar-refractivity contribution in [3.05, 3.63) is 29.8 Å². The fourth-order valence-corrected chi connectivity index (χ4v) is 2.61. The molecule has 0 radical (unpaired) electrons. The number of likely N-dealkylation sites (N-methyl/N-ethyl adjacent to an activating group) is 1. The Bertz CT molecular complexity index is 733. The molecular formula is C13H15F3N2O5S. The van der Waals surface area contributed by atoms with Crippen molar-refractivity contribution in [1.82, 2.24) is 9.62 Å². The molecule has 1 amide bonds. The van der Waals surface area contributed by atoms with Crippen LogP contribution in [0.3, 0.4) is 0 Å². The molecule has 0 aliphatic rings. The summed E-state index contributed by atoms with van der Waals surface area (Å²) in [6.45, 7) is 0.439. The second-order valence-corrected chi connectivity index (χ2v) is 6.64. The maximum atomic E-state index is 12.6. The van der Waals surface area contributed by atoms with E-state index in [0.717, 1.165) is 17.0 Å². The highest BCUT2D eigenvalue weighted by Gasteiger charge is 2.32. The number of rotatable bonds is 6. The highest BCUT2D eigenvalue weighted by molar-refractivity contribution is 7.89. The minimum absolute atomic E-state index is 0.441. The molecule has 1 atom stereocenters. The molecule has 1 aromatic carbocycles. The van der Waals surface area contributed by atoms with Crippen LogP contribution in [-0.4, -0.2) is 49.9 Å². The van der Waals surface area contributed by atoms with Crippen molar-refractivity contribution in [3.63, 3.8) is 0 Å². The van der Waals surface area contributed by atoms with Crippen LogP contribution in [0, 0.1) is 0 Å². The van der Waals surface area contributed by atoms with E-state index in [1.54, 1.807) is 0 Å². The van der Waals surface area contributed by atoms with Gasteiger partial charge in [-0.15, -0.1) is 0 Å². The molecule has 0 saturated carbocycles. The van der Waals surface area contributed by atoms with E-state index in [1.807, 2.05) is 4.72 Å². The zero-order valence-corrected chi connectivity index (χ0v) is 13.5. The summed E-state index contributed by atoms with van der Waals surface area (Å²) in [5.74, 6) is -2.13. The average molecular weight is 368 g/mol. The lowest BCUT2D eigenvalue weighted by Crippen LogP contribution is -2.45. The van der Waals surface area contributed by atoms with Crippen LogP contribution in [0.15, 0.2) is 29.2 Å². The number of amides is 1. The Balaban J connectivity index is 2.88. The van der Waals surface area contributed by atoms with Crippen LogP contribution in [0.1, 0.15) is 12.5 Å². The largest absolute Gasteiger partial charge is 0.480 e. The van der Waals surface area contributed by atoms with Gasteiger partial charge in [0.2, 0.25) is 15.9 Å². The van der Waals surface area contributed by atoms with Crippen LogP contribution < -0.4 is 4.72 Å². The number of carboxylic acids is 1. The summed E-state index contributed by atoms with van der Waals surface area (Å²) in [5, 5.41) is 8.78. The summed E-state index contributed by atoms with van der Waals surface area (Å²) in [7, 11) is -3.20. The minimum Gasteiger partial charge on any atom is -0.480 e. The first-order chi connectivity index (χ1) is 10.9. The van der Waals surface area contributed by atoms with Gasteiger partial charge in [-0.25, -0.2) is 17.9 Å². The number of aliphatic carboxylic acids is 1. The summed E-state index contributed by atoms with van der Waals surface area (Å²) < 4.78 is 63.6. The first-order valence-corrected chi connectivity index (χ1v) is 8.00. The maximum Gasteiger partial charge on any atom is 0.416 e. The minimum atomic E-state index is -4.71. The third-order valence-corrected chi connectivity index (χ3v) is 4.62. The number of carboxylic acid groups (broad SMARTS) is 1. The Morgan fingerprint density at radius 3 is 2.42 bits per heavy atom. The Kier molecular flexibility index (Phi) is 5.95. The lowest BCUT2D eigenvalue weighted by molar-refractivity contribution is -0.147. The predicted octanol–water partition coefficient (Wildman–Crippen LogP) is 0.915. The molecular weight excluding hydrogens is 353 g/mol. The lowest BCUT2D eigenvalue weighted by atomic mass is 10.2. The molecule has 1 aromatic rings. The fraction of sp³-hybridized carbons (Fsp3) is 0.385. The SMILES string of the molecule is CC(C(=O)O)N(C)C(=O)CNS(=O)(=O)c1cccc(C(F)(F)F)c1. The normalized spacial score (nSPS) is 13.4. The van der Waals surface area contributed by atoms with Crippen molar-refractivity contribution >= 4 is 21.9 Å². The molecule has 24 heavy (non-hydrogen) atoms. The number of carbonyl (C=O) groups excluding carboxylic acids is 1. The van der Waals surface area contributed by atoms with Crippen molar-refractivity contribution in [2.75, 3.05) is 13.6 Å². The average Bonchev–Trinajstić information content (AvgIpc) is 2.50. The number of carbonyl (C=O) groups is 2. The molecule has 1 rings (SSSR count). The van der Waals surface area contributed by atoms with E-state index in [0.29, 0.717) is 12.1 Å². The van der Waals surface area contributed by atoms with Crippen molar-refractivity contribution < 1.29 is 36.3 Å². The topological polar surface area (TPSA) is 104 Å². The Morgan fingerprint density at radius 1 is 1.33 bits per heavy atom. The van der Waals surface area contributed by atoms with Crippen LogP contribution in [0.2, 0.25) is 0 Å². The van der Waals surface area contributed by atoms with E-state index in [1.165, 1.54) is 14.0 Å². The molecule has 2 N–H and O–H groups in total. The highest BCUT2D eigenvalue weighted by atomic mass is 32.2. The van der Waals surface area contributed by atoms with Crippen molar-refractivity contribution in [3.8, 4) is 0 Å². The first kappa shape index (κ1) is 19.9. The molecule has 0 aliphatic carbocycles. The molecule has 7 nitrogen and oxygen atoms in total. The molecule has 0 aliphatic heterocycles. The van der Waals surface area contributed by atoms with Crippen molar-refractivity contribution in [1.29, 1.82) is 0 Å². The molecule has 134 valence electrons. The van der Waals surface area contributed by atoms with E-state index in [2.05, 4.69) is 0 Å². The maximum absolute atomic E-state index is 12.6. The van der Waals surface area contributed by atoms with Crippen molar-refractivity contribution in [2.45, 2.75) is 24.0 Å². The fourth-order valence-electron chi connectivity index (χ4n) is 1.59. The number of sulfonamides is 1. The van der Waals surface area contributed by atoms with Gasteiger partial charge in [0.1, 0.15) is 6.04 Å². The lowest BCUT2D eigenvalue weighted by Gasteiger charge is -2.21. The number of nitrogens with zero attached hydrogens (tertiary/aromatic N) is 1. The molecule has 0 aromatic heterocycles. The van der Waals surface area contributed by atoms with Crippen LogP contribution in [0.25, 0.3) is 0 Å². The molecule has 0 saturated heterocycles. The highest BCUT2D eigenvalue weighted by Crippen LogP contribution is 2.30. The summed E-state index contributed by atoms with van der Waals surface area (Å²) in [6.07, 6.45) is -4.71. The smallest absolute Gasteiger partial charge is 0.416 e. The molecule has 0 heterocycles. The van der Waals surface area contributed by atoms with E-state index in [9.17, 15) is 31.2 Å². The number of halogens is 3. The van der Waals surface area contributed by atoms with Crippen LogP contribution in [-0.2, 0) is 25.8 Å². The van der Waals surface area contributed by atoms with Crippen LogP contribution in [0.5, 0.6) is 0 Å². The van der Waals surface area contributed by atoms with Crippen LogP contribution in [0.4, 0.5) is 13.2 Å². The van der Waals surface area contributed by atoms with Crippen LogP contribution >= 0.6 is 0 Å². The van der Waals surface area contributed by atoms with E-state index < -0.39 is 51.1 Å². The van der Waals surface area contributed by atoms with E-state index in [-0.39, 0.29) is 0 Å². The quantitative estimate of drug-likeness (QED) is 0.777. The van der Waals surface area contributed by atoms with Gasteiger partial charge in [0.25, 0.3) is 0 Å².